The molecule has 130 valence electrons. The second-order valence-electron chi connectivity index (χ2n) is 6.30. The molecule has 3 amide bonds. The number of hydrogen-bond donors (Lipinski definition) is 1. The molecule has 2 unspecified atom stereocenters. The van der Waals surface area contributed by atoms with E-state index in [9.17, 15) is 9.59 Å². The first-order chi connectivity index (χ1) is 12.0. The molecular weight excluding hydrogens is 322 g/mol. The van der Waals surface area contributed by atoms with E-state index in [2.05, 4.69) is 10.3 Å². The second kappa shape index (κ2) is 5.51. The first kappa shape index (κ1) is 15.5. The number of fused-ring (bicyclic) bond motifs is 3. The molecule has 8 nitrogen and oxygen atoms in total. The van der Waals surface area contributed by atoms with E-state index in [0.717, 1.165) is 17.0 Å². The number of amides is 3. The van der Waals surface area contributed by atoms with Crippen LogP contribution in [0.3, 0.4) is 0 Å². The van der Waals surface area contributed by atoms with Crippen LogP contribution in [0.5, 0.6) is 5.75 Å². The molecule has 0 saturated carbocycles. The summed E-state index contributed by atoms with van der Waals surface area (Å²) in [5, 5.41) is 2.38. The van der Waals surface area contributed by atoms with E-state index in [-0.39, 0.29) is 5.91 Å². The highest BCUT2D eigenvalue weighted by Gasteiger charge is 2.51. The van der Waals surface area contributed by atoms with Gasteiger partial charge in [0.15, 0.2) is 12.2 Å². The van der Waals surface area contributed by atoms with Crippen molar-refractivity contribution in [2.24, 2.45) is 4.99 Å². The molecular formula is C17H19N5O3. The van der Waals surface area contributed by atoms with Crippen molar-refractivity contribution >= 4 is 17.9 Å². The van der Waals surface area contributed by atoms with Gasteiger partial charge in [0.05, 0.1) is 13.7 Å². The summed E-state index contributed by atoms with van der Waals surface area (Å²) in [4.78, 5) is 34.1. The largest absolute Gasteiger partial charge is 0.497 e. The summed E-state index contributed by atoms with van der Waals surface area (Å²) < 4.78 is 5.19. The molecule has 0 bridgehead atoms. The van der Waals surface area contributed by atoms with Gasteiger partial charge in [0.2, 0.25) is 5.96 Å². The van der Waals surface area contributed by atoms with Gasteiger partial charge in [0.1, 0.15) is 5.75 Å². The van der Waals surface area contributed by atoms with Gasteiger partial charge in [-0.15, -0.1) is 0 Å². The van der Waals surface area contributed by atoms with Gasteiger partial charge >= 0.3 is 6.03 Å². The highest BCUT2D eigenvalue weighted by atomic mass is 16.5. The Morgan fingerprint density at radius 1 is 1.24 bits per heavy atom. The van der Waals surface area contributed by atoms with Crippen LogP contribution in [0.1, 0.15) is 12.5 Å². The predicted octanol–water partition coefficient (Wildman–Crippen LogP) is 0.920. The van der Waals surface area contributed by atoms with Crippen LogP contribution in [0.4, 0.5) is 4.79 Å². The summed E-state index contributed by atoms with van der Waals surface area (Å²) in [7, 11) is 3.29. The highest BCUT2D eigenvalue weighted by molar-refractivity contribution is 6.04. The van der Waals surface area contributed by atoms with Gasteiger partial charge in [-0.1, -0.05) is 12.1 Å². The zero-order chi connectivity index (χ0) is 17.7. The van der Waals surface area contributed by atoms with Crippen LogP contribution >= 0.6 is 0 Å². The van der Waals surface area contributed by atoms with Gasteiger partial charge in [0, 0.05) is 18.9 Å². The maximum Gasteiger partial charge on any atom is 0.325 e. The third-order valence-electron chi connectivity index (χ3n) is 4.77. The normalized spacial score (nSPS) is 24.7. The summed E-state index contributed by atoms with van der Waals surface area (Å²) in [5.41, 5.74) is 2.10. The Balaban J connectivity index is 1.61. The third kappa shape index (κ3) is 2.33. The van der Waals surface area contributed by atoms with Crippen LogP contribution in [-0.4, -0.2) is 59.0 Å². The maximum atomic E-state index is 12.3. The lowest BCUT2D eigenvalue weighted by Gasteiger charge is -2.34. The fourth-order valence-corrected chi connectivity index (χ4v) is 3.36. The van der Waals surface area contributed by atoms with E-state index >= 15 is 0 Å². The van der Waals surface area contributed by atoms with Crippen LogP contribution in [0.2, 0.25) is 0 Å². The topological polar surface area (TPSA) is 77.5 Å². The number of nitrogens with zero attached hydrogens (tertiary/aromatic N) is 4. The molecule has 1 saturated heterocycles. The molecule has 3 aliphatic rings. The number of carbonyl (C=O) groups excluding carboxylic acids is 2. The highest BCUT2D eigenvalue weighted by Crippen LogP contribution is 2.32. The molecule has 4 rings (SSSR count). The number of hydrogen-bond acceptors (Lipinski definition) is 6. The zero-order valence-electron chi connectivity index (χ0n) is 14.3. The number of imide groups is 1. The number of guanidine groups is 1. The fourth-order valence-electron chi connectivity index (χ4n) is 3.36. The van der Waals surface area contributed by atoms with E-state index in [1.54, 1.807) is 14.2 Å². The molecule has 1 N–H and O–H groups in total. The molecule has 0 aromatic heterocycles. The first-order valence-electron chi connectivity index (χ1n) is 8.02. The first-order valence-corrected chi connectivity index (χ1v) is 8.02. The van der Waals surface area contributed by atoms with Crippen molar-refractivity contribution in [2.75, 3.05) is 14.2 Å². The zero-order valence-corrected chi connectivity index (χ0v) is 14.3. The number of aliphatic imine (C=N–C) groups is 1. The number of methoxy groups -OCH3 is 1. The molecule has 0 radical (unpaired) electrons. The lowest BCUT2D eigenvalue weighted by atomic mass is 10.1. The lowest BCUT2D eigenvalue weighted by molar-refractivity contribution is -0.126. The summed E-state index contributed by atoms with van der Waals surface area (Å²) in [6.45, 7) is 2.61. The minimum atomic E-state index is -0.520. The standard InChI is InChI=1S/C17H19N5O3/c1-10-8-22-13-14(20(2)17(24)19-15(13)23)18-16(22)21(10)9-11-4-6-12(25-3)7-5-11/h4-8,13-14H,9H2,1-3H3,(H,19,23,24). The van der Waals surface area contributed by atoms with Crippen LogP contribution in [0.25, 0.3) is 0 Å². The number of benzene rings is 1. The quantitative estimate of drug-likeness (QED) is 0.885. The van der Waals surface area contributed by atoms with E-state index in [1.165, 1.54) is 4.90 Å². The minimum Gasteiger partial charge on any atom is -0.497 e. The number of carbonyl (C=O) groups is 2. The average molecular weight is 341 g/mol. The van der Waals surface area contributed by atoms with Crippen molar-refractivity contribution in [3.63, 3.8) is 0 Å². The summed E-state index contributed by atoms with van der Waals surface area (Å²) in [6, 6.07) is 6.89. The van der Waals surface area contributed by atoms with Gasteiger partial charge in [-0.05, 0) is 24.6 Å². The molecule has 3 aliphatic heterocycles. The van der Waals surface area contributed by atoms with E-state index in [0.29, 0.717) is 12.5 Å². The molecule has 25 heavy (non-hydrogen) atoms. The second-order valence-corrected chi connectivity index (χ2v) is 6.30. The molecule has 1 aromatic carbocycles. The molecule has 2 atom stereocenters. The van der Waals surface area contributed by atoms with Crippen molar-refractivity contribution < 1.29 is 14.3 Å². The maximum absolute atomic E-state index is 12.3. The SMILES string of the molecule is COc1ccc(CN2C(C)=CN3C2=NC2C3C(=O)NC(=O)N2C)cc1. The Morgan fingerprint density at radius 2 is 1.96 bits per heavy atom. The summed E-state index contributed by atoms with van der Waals surface area (Å²) >= 11 is 0. The van der Waals surface area contributed by atoms with Crippen molar-refractivity contribution in [3.8, 4) is 5.75 Å². The van der Waals surface area contributed by atoms with Crippen molar-refractivity contribution in [1.82, 2.24) is 20.0 Å². The molecule has 0 spiro atoms. The summed E-state index contributed by atoms with van der Waals surface area (Å²) in [5.74, 6) is 1.18. The number of urea groups is 1. The number of allylic oxidation sites excluding steroid dienone is 1. The van der Waals surface area contributed by atoms with Crippen molar-refractivity contribution in [2.45, 2.75) is 25.7 Å². The Bertz CT molecular complexity index is 801. The predicted molar refractivity (Wildman–Crippen MR) is 90.4 cm³/mol. The summed E-state index contributed by atoms with van der Waals surface area (Å²) in [6.07, 6.45) is 1.41. The number of rotatable bonds is 3. The molecule has 3 heterocycles. The fraction of sp³-hybridized carbons (Fsp3) is 0.353. The Hall–Kier alpha value is -3.03. The Morgan fingerprint density at radius 3 is 2.64 bits per heavy atom. The average Bonchev–Trinajstić information content (AvgIpc) is 3.10. The van der Waals surface area contributed by atoms with Crippen LogP contribution < -0.4 is 10.1 Å². The van der Waals surface area contributed by atoms with Gasteiger partial charge < -0.3 is 19.4 Å². The van der Waals surface area contributed by atoms with Crippen LogP contribution in [-0.2, 0) is 11.3 Å². The van der Waals surface area contributed by atoms with Gasteiger partial charge in [-0.3, -0.25) is 10.1 Å². The number of likely N-dealkylation sites (N-methyl/N-ethyl adjacent to an activating group) is 1. The third-order valence-corrected chi connectivity index (χ3v) is 4.77. The van der Waals surface area contributed by atoms with E-state index in [4.69, 9.17) is 4.74 Å². The Kier molecular flexibility index (Phi) is 3.41. The van der Waals surface area contributed by atoms with Crippen LogP contribution in [0.15, 0.2) is 41.2 Å². The lowest BCUT2D eigenvalue weighted by Crippen LogP contribution is -2.62. The molecule has 1 aromatic rings. The molecule has 0 aliphatic carbocycles. The Labute approximate surface area is 145 Å². The number of ether oxygens (including phenoxy) is 1. The van der Waals surface area contributed by atoms with Crippen molar-refractivity contribution in [3.05, 3.63) is 41.7 Å². The van der Waals surface area contributed by atoms with Gasteiger partial charge in [0.25, 0.3) is 5.91 Å². The van der Waals surface area contributed by atoms with Gasteiger partial charge in [-0.25, -0.2) is 9.79 Å². The van der Waals surface area contributed by atoms with Gasteiger partial charge in [-0.2, -0.15) is 0 Å². The minimum absolute atomic E-state index is 0.317. The van der Waals surface area contributed by atoms with E-state index in [1.807, 2.05) is 47.2 Å². The molecule has 1 fully saturated rings. The number of nitrogens with one attached hydrogen (secondary N) is 1. The molecule has 8 heteroatoms. The van der Waals surface area contributed by atoms with Crippen LogP contribution in [0, 0.1) is 0 Å². The van der Waals surface area contributed by atoms with Crippen molar-refractivity contribution in [1.29, 1.82) is 0 Å². The van der Waals surface area contributed by atoms with E-state index < -0.39 is 18.2 Å². The monoisotopic (exact) mass is 341 g/mol. The smallest absolute Gasteiger partial charge is 0.325 e.